The van der Waals surface area contributed by atoms with Crippen LogP contribution >= 0.6 is 0 Å². The van der Waals surface area contributed by atoms with E-state index in [9.17, 15) is 9.90 Å². The molecule has 2 aromatic rings. The van der Waals surface area contributed by atoms with E-state index in [0.717, 1.165) is 11.1 Å². The van der Waals surface area contributed by atoms with Gasteiger partial charge in [0.2, 0.25) is 6.79 Å². The van der Waals surface area contributed by atoms with E-state index in [1.165, 1.54) is 0 Å². The number of rotatable bonds is 1. The van der Waals surface area contributed by atoms with Crippen LogP contribution in [0.1, 0.15) is 23.5 Å². The largest absolute Gasteiger partial charge is 0.508 e. The fourth-order valence-electron chi connectivity index (χ4n) is 2.78. The minimum atomic E-state index is -0.297. The van der Waals surface area contributed by atoms with Gasteiger partial charge in [-0.3, -0.25) is 4.79 Å². The van der Waals surface area contributed by atoms with E-state index in [1.54, 1.807) is 24.3 Å². The number of aromatic hydroxyl groups is 1. The lowest BCUT2D eigenvalue weighted by Crippen LogP contribution is -2.20. The summed E-state index contributed by atoms with van der Waals surface area (Å²) in [6.07, 6.45) is 0.232. The Kier molecular flexibility index (Phi) is 2.54. The monoisotopic (exact) mass is 284 g/mol. The maximum Gasteiger partial charge on any atom is 0.312 e. The van der Waals surface area contributed by atoms with Crippen LogP contribution in [0.3, 0.4) is 0 Å². The Morgan fingerprint density at radius 3 is 2.67 bits per heavy atom. The molecular formula is C16H12O5. The lowest BCUT2D eigenvalue weighted by molar-refractivity contribution is -0.135. The normalized spacial score (nSPS) is 19.0. The summed E-state index contributed by atoms with van der Waals surface area (Å²) in [4.78, 5) is 11.8. The Morgan fingerprint density at radius 2 is 1.86 bits per heavy atom. The first-order valence-electron chi connectivity index (χ1n) is 6.64. The van der Waals surface area contributed by atoms with E-state index in [4.69, 9.17) is 14.2 Å². The van der Waals surface area contributed by atoms with E-state index in [1.807, 2.05) is 12.1 Å². The molecular weight excluding hydrogens is 272 g/mol. The van der Waals surface area contributed by atoms with Gasteiger partial charge >= 0.3 is 5.97 Å². The van der Waals surface area contributed by atoms with Gasteiger partial charge in [-0.15, -0.1) is 0 Å². The zero-order valence-corrected chi connectivity index (χ0v) is 11.0. The molecule has 4 rings (SSSR count). The second-order valence-electron chi connectivity index (χ2n) is 5.07. The number of hydrogen-bond acceptors (Lipinski definition) is 5. The van der Waals surface area contributed by atoms with Crippen molar-refractivity contribution in [2.45, 2.75) is 12.3 Å². The molecule has 0 saturated carbocycles. The van der Waals surface area contributed by atoms with Gasteiger partial charge in [-0.2, -0.15) is 0 Å². The fraction of sp³-hybridized carbons (Fsp3) is 0.188. The third kappa shape index (κ3) is 1.98. The molecule has 5 nitrogen and oxygen atoms in total. The Labute approximate surface area is 120 Å². The van der Waals surface area contributed by atoms with E-state index in [0.29, 0.717) is 17.2 Å². The van der Waals surface area contributed by atoms with Crippen molar-refractivity contribution in [3.05, 3.63) is 47.5 Å². The number of hydrogen-bond donors (Lipinski definition) is 1. The Balaban J connectivity index is 1.85. The van der Waals surface area contributed by atoms with Crippen LogP contribution in [0.5, 0.6) is 23.0 Å². The zero-order chi connectivity index (χ0) is 14.4. The first-order valence-corrected chi connectivity index (χ1v) is 6.64. The zero-order valence-electron chi connectivity index (χ0n) is 11.0. The van der Waals surface area contributed by atoms with Gasteiger partial charge in [-0.25, -0.2) is 0 Å². The van der Waals surface area contributed by atoms with Crippen LogP contribution in [0.25, 0.3) is 0 Å². The average molecular weight is 284 g/mol. The van der Waals surface area contributed by atoms with Crippen molar-refractivity contribution < 1.29 is 24.1 Å². The predicted molar refractivity (Wildman–Crippen MR) is 72.8 cm³/mol. The van der Waals surface area contributed by atoms with Crippen LogP contribution in [-0.2, 0) is 4.79 Å². The van der Waals surface area contributed by atoms with E-state index >= 15 is 0 Å². The molecule has 5 heteroatoms. The molecule has 0 fully saturated rings. The Hall–Kier alpha value is -2.69. The van der Waals surface area contributed by atoms with Crippen LogP contribution in [0.2, 0.25) is 0 Å². The summed E-state index contributed by atoms with van der Waals surface area (Å²) in [6.45, 7) is 0.170. The third-order valence-electron chi connectivity index (χ3n) is 3.75. The molecule has 2 aliphatic heterocycles. The predicted octanol–water partition coefficient (Wildman–Crippen LogP) is 2.56. The van der Waals surface area contributed by atoms with Gasteiger partial charge in [0, 0.05) is 17.5 Å². The molecule has 1 atom stereocenters. The molecule has 0 aromatic heterocycles. The van der Waals surface area contributed by atoms with E-state index < -0.39 is 0 Å². The third-order valence-corrected chi connectivity index (χ3v) is 3.75. The second kappa shape index (κ2) is 4.41. The topological polar surface area (TPSA) is 65.0 Å². The van der Waals surface area contributed by atoms with E-state index in [-0.39, 0.29) is 30.9 Å². The molecule has 0 amide bonds. The molecule has 21 heavy (non-hydrogen) atoms. The number of ether oxygens (including phenoxy) is 3. The molecule has 0 saturated heterocycles. The number of fused-ring (bicyclic) bond motifs is 2. The highest BCUT2D eigenvalue weighted by Gasteiger charge is 2.31. The van der Waals surface area contributed by atoms with Gasteiger partial charge in [-0.05, 0) is 23.8 Å². The van der Waals surface area contributed by atoms with Crippen molar-refractivity contribution in [1.29, 1.82) is 0 Å². The molecule has 2 aromatic carbocycles. The quantitative estimate of drug-likeness (QED) is 0.644. The van der Waals surface area contributed by atoms with Gasteiger partial charge < -0.3 is 19.3 Å². The number of carbonyl (C=O) groups is 1. The van der Waals surface area contributed by atoms with Gasteiger partial charge in [0.25, 0.3) is 0 Å². The summed E-state index contributed by atoms with van der Waals surface area (Å²) < 4.78 is 16.0. The maximum atomic E-state index is 11.8. The lowest BCUT2D eigenvalue weighted by Gasteiger charge is -2.25. The summed E-state index contributed by atoms with van der Waals surface area (Å²) in [7, 11) is 0. The molecule has 1 unspecified atom stereocenters. The molecule has 0 aliphatic carbocycles. The number of esters is 1. The van der Waals surface area contributed by atoms with Crippen LogP contribution in [-0.4, -0.2) is 17.9 Å². The summed E-state index contributed by atoms with van der Waals surface area (Å²) in [5.41, 5.74) is 1.73. The maximum absolute atomic E-state index is 11.8. The SMILES string of the molecule is O=C1CC(c2cccc(O)c2)c2cc3c(cc2O1)OCO3. The van der Waals surface area contributed by atoms with Crippen molar-refractivity contribution in [1.82, 2.24) is 0 Å². The molecule has 0 spiro atoms. The Morgan fingerprint density at radius 1 is 1.05 bits per heavy atom. The highest BCUT2D eigenvalue weighted by molar-refractivity contribution is 5.78. The first-order chi connectivity index (χ1) is 10.2. The van der Waals surface area contributed by atoms with Crippen LogP contribution < -0.4 is 14.2 Å². The van der Waals surface area contributed by atoms with Crippen LogP contribution in [0.4, 0.5) is 0 Å². The number of benzene rings is 2. The number of phenolic OH excluding ortho intramolecular Hbond substituents is 1. The summed E-state index contributed by atoms with van der Waals surface area (Å²) in [6, 6.07) is 10.4. The minimum Gasteiger partial charge on any atom is -0.508 e. The average Bonchev–Trinajstić information content (AvgIpc) is 2.91. The van der Waals surface area contributed by atoms with Gasteiger partial charge in [-0.1, -0.05) is 12.1 Å². The number of carbonyl (C=O) groups excluding carboxylic acids is 1. The molecule has 0 radical (unpaired) electrons. The summed E-state index contributed by atoms with van der Waals surface area (Å²) in [5.74, 6) is 1.44. The molecule has 0 bridgehead atoms. The standard InChI is InChI=1S/C16H12O5/c17-10-3-1-2-9(4-10)11-6-16(18)21-13-7-15-14(5-12(11)13)19-8-20-15/h1-5,7,11,17H,6,8H2. The fourth-order valence-corrected chi connectivity index (χ4v) is 2.78. The smallest absolute Gasteiger partial charge is 0.312 e. The molecule has 2 aliphatic rings. The van der Waals surface area contributed by atoms with Crippen molar-refractivity contribution in [3.63, 3.8) is 0 Å². The van der Waals surface area contributed by atoms with Crippen molar-refractivity contribution in [2.24, 2.45) is 0 Å². The summed E-state index contributed by atoms with van der Waals surface area (Å²) in [5, 5.41) is 9.65. The second-order valence-corrected chi connectivity index (χ2v) is 5.07. The van der Waals surface area contributed by atoms with Gasteiger partial charge in [0.1, 0.15) is 11.5 Å². The molecule has 106 valence electrons. The Bertz CT molecular complexity index is 737. The van der Waals surface area contributed by atoms with E-state index in [2.05, 4.69) is 0 Å². The van der Waals surface area contributed by atoms with Crippen LogP contribution in [0.15, 0.2) is 36.4 Å². The minimum absolute atomic E-state index is 0.164. The van der Waals surface area contributed by atoms with Crippen molar-refractivity contribution >= 4 is 5.97 Å². The molecule has 1 N–H and O–H groups in total. The van der Waals surface area contributed by atoms with Gasteiger partial charge in [0.05, 0.1) is 6.42 Å². The number of phenols is 1. The highest BCUT2D eigenvalue weighted by atomic mass is 16.7. The lowest BCUT2D eigenvalue weighted by atomic mass is 9.86. The van der Waals surface area contributed by atoms with Gasteiger partial charge in [0.15, 0.2) is 11.5 Å². The highest BCUT2D eigenvalue weighted by Crippen LogP contribution is 2.46. The first kappa shape index (κ1) is 12.1. The summed E-state index contributed by atoms with van der Waals surface area (Å²) >= 11 is 0. The molecule has 2 heterocycles. The van der Waals surface area contributed by atoms with Crippen LogP contribution in [0, 0.1) is 0 Å². The van der Waals surface area contributed by atoms with Crippen molar-refractivity contribution in [2.75, 3.05) is 6.79 Å². The van der Waals surface area contributed by atoms with Crippen molar-refractivity contribution in [3.8, 4) is 23.0 Å².